The van der Waals surface area contributed by atoms with Crippen LogP contribution in [-0.2, 0) is 0 Å². The Kier molecular flexibility index (Phi) is 2.60. The molecule has 0 spiro atoms. The highest BCUT2D eigenvalue weighted by Crippen LogP contribution is 2.38. The van der Waals surface area contributed by atoms with E-state index in [2.05, 4.69) is 44.4 Å². The van der Waals surface area contributed by atoms with Crippen molar-refractivity contribution < 1.29 is 0 Å². The zero-order valence-corrected chi connectivity index (χ0v) is 9.30. The van der Waals surface area contributed by atoms with Gasteiger partial charge in [-0.25, -0.2) is 0 Å². The molecule has 1 saturated carbocycles. The monoisotopic (exact) mass is 189 g/mol. The van der Waals surface area contributed by atoms with Crippen LogP contribution in [0, 0.1) is 13.8 Å². The molecule has 0 saturated heterocycles. The molecular weight excluding hydrogens is 170 g/mol. The lowest BCUT2D eigenvalue weighted by Crippen LogP contribution is -2.37. The third kappa shape index (κ3) is 1.69. The van der Waals surface area contributed by atoms with E-state index in [4.69, 9.17) is 0 Å². The van der Waals surface area contributed by atoms with E-state index < -0.39 is 0 Å². The Morgan fingerprint density at radius 3 is 2.50 bits per heavy atom. The topological polar surface area (TPSA) is 12.0 Å². The largest absolute Gasteiger partial charge is 0.317 e. The van der Waals surface area contributed by atoms with Gasteiger partial charge in [0, 0.05) is 6.04 Å². The summed E-state index contributed by atoms with van der Waals surface area (Å²) < 4.78 is 0. The van der Waals surface area contributed by atoms with Crippen LogP contribution in [0.2, 0.25) is 0 Å². The number of rotatable bonds is 2. The number of nitrogens with one attached hydrogen (secondary N) is 1. The van der Waals surface area contributed by atoms with Crippen molar-refractivity contribution in [1.82, 2.24) is 5.32 Å². The van der Waals surface area contributed by atoms with Crippen LogP contribution in [0.5, 0.6) is 0 Å². The molecule has 1 heteroatoms. The first kappa shape index (κ1) is 9.72. The molecule has 1 fully saturated rings. The van der Waals surface area contributed by atoms with Gasteiger partial charge in [-0.05, 0) is 50.8 Å². The molecule has 1 aromatic rings. The van der Waals surface area contributed by atoms with Gasteiger partial charge in [-0.3, -0.25) is 0 Å². The van der Waals surface area contributed by atoms with Gasteiger partial charge < -0.3 is 5.32 Å². The molecule has 0 atom stereocenters. The molecule has 1 aromatic carbocycles. The predicted octanol–water partition coefficient (Wildman–Crippen LogP) is 2.77. The Hall–Kier alpha value is -0.820. The molecular formula is C13H19N. The van der Waals surface area contributed by atoms with Crippen molar-refractivity contribution >= 4 is 0 Å². The summed E-state index contributed by atoms with van der Waals surface area (Å²) in [5.41, 5.74) is 4.39. The Labute approximate surface area is 86.5 Å². The zero-order valence-electron chi connectivity index (χ0n) is 9.30. The fraction of sp³-hybridized carbons (Fsp3) is 0.538. The van der Waals surface area contributed by atoms with Crippen LogP contribution in [0.1, 0.15) is 35.4 Å². The van der Waals surface area contributed by atoms with Crippen LogP contribution in [0.4, 0.5) is 0 Å². The highest BCUT2D eigenvalue weighted by molar-refractivity contribution is 5.34. The molecule has 76 valence electrons. The molecule has 14 heavy (non-hydrogen) atoms. The predicted molar refractivity (Wildman–Crippen MR) is 60.7 cm³/mol. The maximum absolute atomic E-state index is 3.33. The molecule has 0 amide bonds. The number of hydrogen-bond acceptors (Lipinski definition) is 1. The van der Waals surface area contributed by atoms with Gasteiger partial charge in [0.15, 0.2) is 0 Å². The summed E-state index contributed by atoms with van der Waals surface area (Å²) in [5, 5.41) is 3.33. The van der Waals surface area contributed by atoms with Crippen LogP contribution in [0.3, 0.4) is 0 Å². The molecule has 2 rings (SSSR count). The number of benzene rings is 1. The molecule has 0 bridgehead atoms. The van der Waals surface area contributed by atoms with Gasteiger partial charge in [-0.2, -0.15) is 0 Å². The maximum Gasteiger partial charge on any atom is 0.00757 e. The maximum atomic E-state index is 3.33. The van der Waals surface area contributed by atoms with E-state index in [9.17, 15) is 0 Å². The quantitative estimate of drug-likeness (QED) is 0.754. The van der Waals surface area contributed by atoms with Crippen molar-refractivity contribution in [1.29, 1.82) is 0 Å². The second kappa shape index (κ2) is 3.74. The van der Waals surface area contributed by atoms with Gasteiger partial charge in [0.25, 0.3) is 0 Å². The van der Waals surface area contributed by atoms with Gasteiger partial charge >= 0.3 is 0 Å². The lowest BCUT2D eigenvalue weighted by Gasteiger charge is -2.36. The molecule has 0 radical (unpaired) electrons. The molecule has 1 nitrogen and oxygen atoms in total. The van der Waals surface area contributed by atoms with Crippen molar-refractivity contribution in [2.75, 3.05) is 7.05 Å². The lowest BCUT2D eigenvalue weighted by molar-refractivity contribution is 0.306. The first-order valence-corrected chi connectivity index (χ1v) is 5.45. The first-order chi connectivity index (χ1) is 6.70. The highest BCUT2D eigenvalue weighted by atomic mass is 14.9. The summed E-state index contributed by atoms with van der Waals surface area (Å²) in [6.45, 7) is 4.39. The van der Waals surface area contributed by atoms with Gasteiger partial charge in [0.05, 0.1) is 0 Å². The number of aryl methyl sites for hydroxylation is 2. The van der Waals surface area contributed by atoms with Crippen LogP contribution in [0.15, 0.2) is 18.2 Å². The SMILES string of the molecule is CNC1CC(c2ccc(C)cc2C)C1. The second-order valence-electron chi connectivity index (χ2n) is 4.51. The van der Waals surface area contributed by atoms with Crippen LogP contribution < -0.4 is 5.32 Å². The zero-order chi connectivity index (χ0) is 10.1. The summed E-state index contributed by atoms with van der Waals surface area (Å²) in [7, 11) is 2.06. The number of hydrogen-bond donors (Lipinski definition) is 1. The minimum absolute atomic E-state index is 0.751. The molecule has 1 N–H and O–H groups in total. The van der Waals surface area contributed by atoms with Crippen molar-refractivity contribution in [3.8, 4) is 0 Å². The van der Waals surface area contributed by atoms with E-state index in [0.29, 0.717) is 0 Å². The molecule has 0 unspecified atom stereocenters. The second-order valence-corrected chi connectivity index (χ2v) is 4.51. The van der Waals surface area contributed by atoms with Crippen molar-refractivity contribution in [2.24, 2.45) is 0 Å². The molecule has 1 aliphatic rings. The van der Waals surface area contributed by atoms with E-state index in [1.807, 2.05) is 0 Å². The van der Waals surface area contributed by atoms with Crippen LogP contribution in [0.25, 0.3) is 0 Å². The standard InChI is InChI=1S/C13H19N/c1-9-4-5-13(10(2)6-9)11-7-12(8-11)14-3/h4-6,11-12,14H,7-8H2,1-3H3. The van der Waals surface area contributed by atoms with E-state index in [0.717, 1.165) is 12.0 Å². The molecule has 1 aliphatic carbocycles. The highest BCUT2D eigenvalue weighted by Gasteiger charge is 2.29. The van der Waals surface area contributed by atoms with Crippen LogP contribution >= 0.6 is 0 Å². The fourth-order valence-corrected chi connectivity index (χ4v) is 2.39. The minimum Gasteiger partial charge on any atom is -0.317 e. The van der Waals surface area contributed by atoms with E-state index in [1.54, 1.807) is 5.56 Å². The van der Waals surface area contributed by atoms with Gasteiger partial charge in [0.1, 0.15) is 0 Å². The van der Waals surface area contributed by atoms with Crippen molar-refractivity contribution in [2.45, 2.75) is 38.6 Å². The molecule has 0 aromatic heterocycles. The molecule has 0 aliphatic heterocycles. The first-order valence-electron chi connectivity index (χ1n) is 5.45. The Bertz CT molecular complexity index is 324. The van der Waals surface area contributed by atoms with Crippen molar-refractivity contribution in [3.63, 3.8) is 0 Å². The van der Waals surface area contributed by atoms with E-state index in [1.165, 1.54) is 24.0 Å². The normalized spacial score (nSPS) is 25.9. The third-order valence-electron chi connectivity index (χ3n) is 3.41. The van der Waals surface area contributed by atoms with Gasteiger partial charge in [0.2, 0.25) is 0 Å². The van der Waals surface area contributed by atoms with Gasteiger partial charge in [-0.1, -0.05) is 23.8 Å². The Balaban J connectivity index is 2.11. The Morgan fingerprint density at radius 2 is 1.93 bits per heavy atom. The molecule has 0 heterocycles. The summed E-state index contributed by atoms with van der Waals surface area (Å²) in [6, 6.07) is 7.58. The average Bonchev–Trinajstić information content (AvgIpc) is 2.06. The summed E-state index contributed by atoms with van der Waals surface area (Å²) >= 11 is 0. The Morgan fingerprint density at radius 1 is 1.21 bits per heavy atom. The lowest BCUT2D eigenvalue weighted by atomic mass is 9.74. The van der Waals surface area contributed by atoms with E-state index >= 15 is 0 Å². The van der Waals surface area contributed by atoms with Crippen molar-refractivity contribution in [3.05, 3.63) is 34.9 Å². The van der Waals surface area contributed by atoms with Gasteiger partial charge in [-0.15, -0.1) is 0 Å². The fourth-order valence-electron chi connectivity index (χ4n) is 2.39. The summed E-state index contributed by atoms with van der Waals surface area (Å²) in [6.07, 6.45) is 2.61. The summed E-state index contributed by atoms with van der Waals surface area (Å²) in [4.78, 5) is 0. The smallest absolute Gasteiger partial charge is 0.00757 e. The summed E-state index contributed by atoms with van der Waals surface area (Å²) in [5.74, 6) is 0.799. The minimum atomic E-state index is 0.751. The average molecular weight is 189 g/mol. The third-order valence-corrected chi connectivity index (χ3v) is 3.41. The van der Waals surface area contributed by atoms with E-state index in [-0.39, 0.29) is 0 Å². The van der Waals surface area contributed by atoms with Crippen LogP contribution in [-0.4, -0.2) is 13.1 Å².